The molecule has 0 radical (unpaired) electrons. The van der Waals surface area contributed by atoms with Crippen molar-refractivity contribution in [3.63, 3.8) is 0 Å². The minimum atomic E-state index is -4.28. The lowest BCUT2D eigenvalue weighted by atomic mass is 10.1. The highest BCUT2D eigenvalue weighted by Gasteiger charge is 2.35. The lowest BCUT2D eigenvalue weighted by Crippen LogP contribution is -2.18. The molecule has 11 heteroatoms. The number of nitrogen functional groups attached to an aromatic ring is 1. The van der Waals surface area contributed by atoms with E-state index in [9.17, 15) is 22.1 Å². The Bertz CT molecular complexity index is 1070. The number of hydrogen-bond acceptors (Lipinski definition) is 5. The highest BCUT2D eigenvalue weighted by molar-refractivity contribution is 7.52. The van der Waals surface area contributed by atoms with E-state index in [-0.39, 0.29) is 11.5 Å². The van der Waals surface area contributed by atoms with Gasteiger partial charge < -0.3 is 14.8 Å². The standard InChI is InChI=1S/C20H16F4N3O3P/c1-27(26-12-15-16(21)18(23)20(25)19(24)17(15)22)31(28,29-13-8-4-2-5-9-13)30-14-10-6-3-7-11-14/h2-12H,25H2,1H3/b26-12+. The fourth-order valence-electron chi connectivity index (χ4n) is 2.35. The van der Waals surface area contributed by atoms with Gasteiger partial charge in [0.25, 0.3) is 0 Å². The maximum absolute atomic E-state index is 14.0. The summed E-state index contributed by atoms with van der Waals surface area (Å²) >= 11 is 0. The molecule has 0 saturated heterocycles. The Hall–Kier alpha value is -3.52. The van der Waals surface area contributed by atoms with Crippen LogP contribution in [0.25, 0.3) is 0 Å². The first-order valence-corrected chi connectivity index (χ1v) is 10.2. The van der Waals surface area contributed by atoms with E-state index < -0.39 is 42.3 Å². The lowest BCUT2D eigenvalue weighted by Gasteiger charge is -2.25. The van der Waals surface area contributed by atoms with Crippen molar-refractivity contribution in [1.29, 1.82) is 0 Å². The molecule has 0 unspecified atom stereocenters. The van der Waals surface area contributed by atoms with Gasteiger partial charge in [-0.3, -0.25) is 0 Å². The molecule has 0 fully saturated rings. The second kappa shape index (κ2) is 9.09. The molecule has 0 aliphatic rings. The Morgan fingerprint density at radius 1 is 0.839 bits per heavy atom. The third-order valence-electron chi connectivity index (χ3n) is 3.97. The first-order valence-electron chi connectivity index (χ1n) is 8.72. The monoisotopic (exact) mass is 453 g/mol. The first-order chi connectivity index (χ1) is 14.7. The van der Waals surface area contributed by atoms with Crippen molar-refractivity contribution in [2.24, 2.45) is 5.10 Å². The van der Waals surface area contributed by atoms with Gasteiger partial charge in [0, 0.05) is 7.05 Å². The van der Waals surface area contributed by atoms with Gasteiger partial charge in [-0.2, -0.15) is 9.88 Å². The van der Waals surface area contributed by atoms with Crippen molar-refractivity contribution in [3.05, 3.63) is 89.5 Å². The van der Waals surface area contributed by atoms with Crippen LogP contribution in [0.5, 0.6) is 11.5 Å². The van der Waals surface area contributed by atoms with E-state index in [1.54, 1.807) is 36.4 Å². The number of nitrogens with two attached hydrogens (primary N) is 1. The molecule has 3 aromatic carbocycles. The molecule has 6 nitrogen and oxygen atoms in total. The van der Waals surface area contributed by atoms with Crippen LogP contribution in [-0.2, 0) is 4.57 Å². The van der Waals surface area contributed by atoms with Gasteiger partial charge in [-0.15, -0.1) is 0 Å². The van der Waals surface area contributed by atoms with Crippen LogP contribution in [0.4, 0.5) is 23.2 Å². The van der Waals surface area contributed by atoms with Crippen LogP contribution in [0, 0.1) is 23.3 Å². The molecular weight excluding hydrogens is 437 g/mol. The topological polar surface area (TPSA) is 77.2 Å². The van der Waals surface area contributed by atoms with Gasteiger partial charge in [0.05, 0.1) is 11.8 Å². The maximum Gasteiger partial charge on any atom is 0.559 e. The summed E-state index contributed by atoms with van der Waals surface area (Å²) in [6.07, 6.45) is 0.450. The average Bonchev–Trinajstić information content (AvgIpc) is 2.77. The zero-order valence-electron chi connectivity index (χ0n) is 16.0. The second-order valence-electron chi connectivity index (χ2n) is 6.09. The van der Waals surface area contributed by atoms with Crippen LogP contribution in [-0.4, -0.2) is 18.0 Å². The zero-order chi connectivity index (χ0) is 22.6. The van der Waals surface area contributed by atoms with Gasteiger partial charge in [0.15, 0.2) is 23.3 Å². The summed E-state index contributed by atoms with van der Waals surface area (Å²) in [4.78, 5) is 0. The summed E-state index contributed by atoms with van der Waals surface area (Å²) in [6, 6.07) is 15.9. The Balaban J connectivity index is 1.97. The molecule has 3 aromatic rings. The Kier molecular flexibility index (Phi) is 6.50. The van der Waals surface area contributed by atoms with Crippen molar-refractivity contribution in [3.8, 4) is 11.5 Å². The molecule has 0 bridgehead atoms. The Morgan fingerprint density at radius 2 is 1.26 bits per heavy atom. The predicted octanol–water partition coefficient (Wildman–Crippen LogP) is 5.36. The lowest BCUT2D eigenvalue weighted by molar-refractivity contribution is 0.312. The maximum atomic E-state index is 14.0. The molecule has 3 rings (SSSR count). The van der Waals surface area contributed by atoms with E-state index in [2.05, 4.69) is 5.10 Å². The molecule has 0 aromatic heterocycles. The SMILES string of the molecule is CN(/N=C/c1c(F)c(F)c(N)c(F)c1F)P(=O)(Oc1ccccc1)Oc1ccccc1. The molecule has 0 spiro atoms. The molecule has 0 amide bonds. The van der Waals surface area contributed by atoms with Crippen LogP contribution >= 0.6 is 7.75 Å². The van der Waals surface area contributed by atoms with Gasteiger partial charge in [0.2, 0.25) is 0 Å². The molecule has 0 aliphatic carbocycles. The number of nitrogens with zero attached hydrogens (tertiary/aromatic N) is 2. The van der Waals surface area contributed by atoms with Crippen molar-refractivity contribution in [2.75, 3.05) is 12.8 Å². The molecule has 0 saturated carbocycles. The highest BCUT2D eigenvalue weighted by atomic mass is 31.2. The summed E-state index contributed by atoms with van der Waals surface area (Å²) in [6.45, 7) is 0. The van der Waals surface area contributed by atoms with Crippen LogP contribution < -0.4 is 14.8 Å². The summed E-state index contributed by atoms with van der Waals surface area (Å²) in [5.74, 6) is -6.73. The number of benzene rings is 3. The zero-order valence-corrected chi connectivity index (χ0v) is 16.9. The highest BCUT2D eigenvalue weighted by Crippen LogP contribution is 2.51. The Morgan fingerprint density at radius 3 is 1.68 bits per heavy atom. The molecule has 2 N–H and O–H groups in total. The van der Waals surface area contributed by atoms with Crippen LogP contribution in [0.15, 0.2) is 65.8 Å². The number of rotatable bonds is 7. The van der Waals surface area contributed by atoms with Crippen molar-refractivity contribution in [2.45, 2.75) is 0 Å². The summed E-state index contributed by atoms with van der Waals surface area (Å²) in [7, 11) is -3.13. The number of anilines is 1. The van der Waals surface area contributed by atoms with E-state index in [0.29, 0.717) is 11.0 Å². The van der Waals surface area contributed by atoms with E-state index >= 15 is 0 Å². The predicted molar refractivity (Wildman–Crippen MR) is 108 cm³/mol. The average molecular weight is 453 g/mol. The van der Waals surface area contributed by atoms with E-state index in [4.69, 9.17) is 14.8 Å². The molecule has 0 heterocycles. The minimum Gasteiger partial charge on any atom is -0.399 e. The van der Waals surface area contributed by atoms with Gasteiger partial charge >= 0.3 is 7.75 Å². The second-order valence-corrected chi connectivity index (χ2v) is 7.98. The van der Waals surface area contributed by atoms with Crippen LogP contribution in [0.2, 0.25) is 0 Å². The van der Waals surface area contributed by atoms with Gasteiger partial charge in [-0.25, -0.2) is 22.1 Å². The summed E-state index contributed by atoms with van der Waals surface area (Å²) in [5, 5.41) is 3.63. The Labute approximate surface area is 175 Å². The number of hydrazone groups is 1. The summed E-state index contributed by atoms with van der Waals surface area (Å²) < 4.78 is 80.5. The van der Waals surface area contributed by atoms with Crippen LogP contribution in [0.3, 0.4) is 0 Å². The van der Waals surface area contributed by atoms with Crippen molar-refractivity contribution in [1.82, 2.24) is 4.78 Å². The number of hydrogen-bond donors (Lipinski definition) is 1. The molecular formula is C20H16F4N3O3P. The number of halogens is 4. The van der Waals surface area contributed by atoms with Crippen molar-refractivity contribution >= 4 is 19.6 Å². The van der Waals surface area contributed by atoms with Gasteiger partial charge in [-0.05, 0) is 24.3 Å². The van der Waals surface area contributed by atoms with Gasteiger partial charge in [-0.1, -0.05) is 36.4 Å². The minimum absolute atomic E-state index is 0.158. The first kappa shape index (κ1) is 22.2. The molecule has 0 atom stereocenters. The van der Waals surface area contributed by atoms with Gasteiger partial charge in [0.1, 0.15) is 17.2 Å². The third kappa shape index (κ3) is 4.80. The van der Waals surface area contributed by atoms with E-state index in [0.717, 1.165) is 7.05 Å². The third-order valence-corrected chi connectivity index (χ3v) is 5.66. The fraction of sp³-hybridized carbons (Fsp3) is 0.0500. The van der Waals surface area contributed by atoms with E-state index in [1.165, 1.54) is 24.3 Å². The largest absolute Gasteiger partial charge is 0.559 e. The summed E-state index contributed by atoms with van der Waals surface area (Å²) in [5.41, 5.74) is 2.53. The van der Waals surface area contributed by atoms with Crippen LogP contribution in [0.1, 0.15) is 5.56 Å². The van der Waals surface area contributed by atoms with Crippen molar-refractivity contribution < 1.29 is 31.2 Å². The quantitative estimate of drug-likeness (QED) is 0.130. The van der Waals surface area contributed by atoms with E-state index in [1.807, 2.05) is 0 Å². The molecule has 31 heavy (non-hydrogen) atoms. The number of para-hydroxylation sites is 2. The molecule has 0 aliphatic heterocycles. The fourth-order valence-corrected chi connectivity index (χ4v) is 3.58. The molecule has 162 valence electrons. The normalized spacial score (nSPS) is 11.5. The smallest absolute Gasteiger partial charge is 0.399 e.